The molecule has 1 saturated heterocycles. The molecule has 2 fully saturated rings. The van der Waals surface area contributed by atoms with Gasteiger partial charge in [-0.15, -0.1) is 0 Å². The Bertz CT molecular complexity index is 1180. The fourth-order valence-corrected chi connectivity index (χ4v) is 5.99. The van der Waals surface area contributed by atoms with Crippen molar-refractivity contribution in [3.63, 3.8) is 0 Å². The van der Waals surface area contributed by atoms with Crippen molar-refractivity contribution < 1.29 is 84.7 Å². The van der Waals surface area contributed by atoms with Crippen molar-refractivity contribution in [2.24, 2.45) is 17.8 Å². The molecule has 15 atom stereocenters. The normalized spacial score (nSPS) is 35.5. The summed E-state index contributed by atoms with van der Waals surface area (Å²) in [6.07, 6.45) is -19.4. The van der Waals surface area contributed by atoms with E-state index in [1.165, 1.54) is 12.1 Å². The summed E-state index contributed by atoms with van der Waals surface area (Å²) in [6, 6.07) is 6.40. The van der Waals surface area contributed by atoms with Gasteiger partial charge in [0, 0.05) is 18.3 Å². The maximum Gasteiger partial charge on any atom is 0.337 e. The van der Waals surface area contributed by atoms with Crippen LogP contribution in [0.2, 0.25) is 0 Å². The van der Waals surface area contributed by atoms with Crippen LogP contribution in [0.1, 0.15) is 18.9 Å². The van der Waals surface area contributed by atoms with Crippen molar-refractivity contribution >= 4 is 5.97 Å². The number of rotatable bonds is 14. The first kappa shape index (κ1) is 37.3. The molecule has 2 aliphatic heterocycles. The van der Waals surface area contributed by atoms with E-state index < -0.39 is 111 Å². The van der Waals surface area contributed by atoms with Crippen molar-refractivity contribution in [3.8, 4) is 5.75 Å². The second-order valence-corrected chi connectivity index (χ2v) is 12.1. The van der Waals surface area contributed by atoms with Gasteiger partial charge in [0.2, 0.25) is 6.29 Å². The summed E-state index contributed by atoms with van der Waals surface area (Å²) >= 11 is 0. The van der Waals surface area contributed by atoms with Crippen LogP contribution in [-0.2, 0) is 34.9 Å². The smallest absolute Gasteiger partial charge is 0.337 e. The van der Waals surface area contributed by atoms with Gasteiger partial charge in [0.15, 0.2) is 12.6 Å². The minimum atomic E-state index is -2.22. The van der Waals surface area contributed by atoms with Gasteiger partial charge in [0.05, 0.1) is 37.8 Å². The molecule has 266 valence electrons. The standard InChI is InChI=1S/C30H44O17/c1-12-17(33)8-15-16(27(41)43-7-6-13-2-4-14(32)5-3-13)10-44-29(20(12)15)47-28(42)25(39)23(37)21(35)18(34)11-45-30-26(40)24(38)22(36)19(9-31)46-30/h2-5,10,12,15,17-26,28-40,42H,6-9,11H2,1H3/t12-,15+,17?,18+,19+,20+,21+,22-,23-,24-,25+,26+,28?,29?,30-/m0/s1. The summed E-state index contributed by atoms with van der Waals surface area (Å²) in [6.45, 7) is 0.155. The molecule has 0 spiro atoms. The summed E-state index contributed by atoms with van der Waals surface area (Å²) in [5.41, 5.74) is 0.964. The summed E-state index contributed by atoms with van der Waals surface area (Å²) < 4.78 is 26.7. The fourth-order valence-electron chi connectivity index (χ4n) is 5.99. The predicted octanol–water partition coefficient (Wildman–Crippen LogP) is -4.05. The van der Waals surface area contributed by atoms with Crippen molar-refractivity contribution in [1.82, 2.24) is 0 Å². The Morgan fingerprint density at radius 3 is 2.28 bits per heavy atom. The molecular formula is C30H44O17. The number of hydrogen-bond acceptors (Lipinski definition) is 17. The lowest BCUT2D eigenvalue weighted by molar-refractivity contribution is -0.308. The Kier molecular flexibility index (Phi) is 12.9. The number of carbonyl (C=O) groups excluding carboxylic acids is 1. The van der Waals surface area contributed by atoms with Gasteiger partial charge in [-0.3, -0.25) is 0 Å². The molecule has 0 aromatic heterocycles. The zero-order valence-electron chi connectivity index (χ0n) is 25.5. The highest BCUT2D eigenvalue weighted by Gasteiger charge is 2.52. The van der Waals surface area contributed by atoms with Crippen LogP contribution in [0.5, 0.6) is 5.75 Å². The van der Waals surface area contributed by atoms with Crippen molar-refractivity contribution in [3.05, 3.63) is 41.7 Å². The number of aliphatic hydroxyl groups excluding tert-OH is 10. The van der Waals surface area contributed by atoms with E-state index in [9.17, 15) is 61.0 Å². The van der Waals surface area contributed by atoms with Gasteiger partial charge < -0.3 is 79.9 Å². The summed E-state index contributed by atoms with van der Waals surface area (Å²) in [5, 5.41) is 111. The number of aromatic hydroxyl groups is 1. The van der Waals surface area contributed by atoms with Gasteiger partial charge in [-0.05, 0) is 30.0 Å². The minimum absolute atomic E-state index is 0.0287. The number of aliphatic hydroxyl groups is 10. The lowest BCUT2D eigenvalue weighted by Gasteiger charge is -2.40. The first-order chi connectivity index (χ1) is 22.2. The Morgan fingerprint density at radius 1 is 0.936 bits per heavy atom. The first-order valence-corrected chi connectivity index (χ1v) is 15.2. The third kappa shape index (κ3) is 8.57. The van der Waals surface area contributed by atoms with E-state index in [1.54, 1.807) is 19.1 Å². The molecule has 1 aromatic carbocycles. The average Bonchev–Trinajstić information content (AvgIpc) is 3.36. The van der Waals surface area contributed by atoms with Gasteiger partial charge in [-0.25, -0.2) is 4.79 Å². The van der Waals surface area contributed by atoms with Gasteiger partial charge in [0.1, 0.15) is 54.6 Å². The molecule has 1 saturated carbocycles. The molecule has 1 aliphatic carbocycles. The van der Waals surface area contributed by atoms with Gasteiger partial charge in [-0.1, -0.05) is 19.1 Å². The second kappa shape index (κ2) is 16.3. The van der Waals surface area contributed by atoms with E-state index in [0.717, 1.165) is 11.8 Å². The molecule has 2 heterocycles. The minimum Gasteiger partial charge on any atom is -0.508 e. The molecular weight excluding hydrogens is 632 g/mol. The van der Waals surface area contributed by atoms with E-state index >= 15 is 0 Å². The van der Waals surface area contributed by atoms with E-state index in [4.69, 9.17) is 23.7 Å². The first-order valence-electron chi connectivity index (χ1n) is 15.2. The van der Waals surface area contributed by atoms with E-state index in [0.29, 0.717) is 6.42 Å². The molecule has 3 aliphatic rings. The number of fused-ring (bicyclic) bond motifs is 1. The monoisotopic (exact) mass is 676 g/mol. The van der Waals surface area contributed by atoms with E-state index in [2.05, 4.69) is 0 Å². The molecule has 47 heavy (non-hydrogen) atoms. The van der Waals surface area contributed by atoms with Crippen LogP contribution in [0.3, 0.4) is 0 Å². The Balaban J connectivity index is 1.31. The second-order valence-electron chi connectivity index (χ2n) is 12.1. The summed E-state index contributed by atoms with van der Waals surface area (Å²) in [7, 11) is 0. The number of ether oxygens (including phenoxy) is 5. The number of benzene rings is 1. The molecule has 3 unspecified atom stereocenters. The average molecular weight is 677 g/mol. The van der Waals surface area contributed by atoms with Crippen molar-refractivity contribution in [2.75, 3.05) is 19.8 Å². The number of phenolic OH excluding ortho intramolecular Hbond substituents is 1. The highest BCUT2D eigenvalue weighted by atomic mass is 16.7. The zero-order valence-corrected chi connectivity index (χ0v) is 25.5. The molecule has 17 heteroatoms. The van der Waals surface area contributed by atoms with Crippen LogP contribution in [0.4, 0.5) is 0 Å². The zero-order chi connectivity index (χ0) is 34.6. The van der Waals surface area contributed by atoms with Gasteiger partial charge in [-0.2, -0.15) is 0 Å². The lowest BCUT2D eigenvalue weighted by Crippen LogP contribution is -2.59. The Labute approximate surface area is 269 Å². The Morgan fingerprint density at radius 2 is 1.62 bits per heavy atom. The molecule has 0 bridgehead atoms. The van der Waals surface area contributed by atoms with Crippen LogP contribution >= 0.6 is 0 Å². The summed E-state index contributed by atoms with van der Waals surface area (Å²) in [4.78, 5) is 12.9. The number of esters is 1. The topological polar surface area (TPSA) is 286 Å². The molecule has 11 N–H and O–H groups in total. The van der Waals surface area contributed by atoms with Crippen LogP contribution in [-0.4, -0.2) is 156 Å². The number of phenols is 1. The SMILES string of the molecule is C[C@H]1C(O)C[C@@H]2C(C(=O)OCCc3ccc(O)cc3)=COC(OC(O)[C@H](O)[C@@H](O)[C@H](O)[C@H](O)CO[C@H]3O[C@H](CO)[C@H](O)[C@H](O)[C@H]3O)[C@@H]21. The molecule has 0 radical (unpaired) electrons. The van der Waals surface area contributed by atoms with Crippen LogP contribution < -0.4 is 0 Å². The number of hydrogen-bond donors (Lipinski definition) is 11. The molecule has 4 rings (SSSR count). The maximum atomic E-state index is 12.9. The van der Waals surface area contributed by atoms with Crippen molar-refractivity contribution in [2.45, 2.75) is 93.6 Å². The molecule has 0 amide bonds. The van der Waals surface area contributed by atoms with Crippen molar-refractivity contribution in [1.29, 1.82) is 0 Å². The number of carbonyl (C=O) groups is 1. The van der Waals surface area contributed by atoms with Crippen LogP contribution in [0.15, 0.2) is 36.1 Å². The third-order valence-corrected chi connectivity index (χ3v) is 8.95. The largest absolute Gasteiger partial charge is 0.508 e. The van der Waals surface area contributed by atoms with Crippen LogP contribution in [0, 0.1) is 17.8 Å². The fraction of sp³-hybridized carbons (Fsp3) is 0.700. The van der Waals surface area contributed by atoms with E-state index in [1.807, 2.05) is 0 Å². The van der Waals surface area contributed by atoms with Gasteiger partial charge in [0.25, 0.3) is 0 Å². The predicted molar refractivity (Wildman–Crippen MR) is 153 cm³/mol. The highest BCUT2D eigenvalue weighted by Crippen LogP contribution is 2.47. The summed E-state index contributed by atoms with van der Waals surface area (Å²) in [5.74, 6) is -2.39. The highest BCUT2D eigenvalue weighted by molar-refractivity contribution is 5.89. The molecule has 1 aromatic rings. The molecule has 17 nitrogen and oxygen atoms in total. The quantitative estimate of drug-likeness (QED) is 0.0660. The Hall–Kier alpha value is -2.49. The lowest BCUT2D eigenvalue weighted by atomic mass is 9.83. The third-order valence-electron chi connectivity index (χ3n) is 8.95. The van der Waals surface area contributed by atoms with Gasteiger partial charge >= 0.3 is 5.97 Å². The van der Waals surface area contributed by atoms with Crippen LogP contribution in [0.25, 0.3) is 0 Å². The van der Waals surface area contributed by atoms with E-state index in [-0.39, 0.29) is 24.4 Å². The maximum absolute atomic E-state index is 12.9.